The Morgan fingerprint density at radius 1 is 1.21 bits per heavy atom. The highest BCUT2D eigenvalue weighted by Crippen LogP contribution is 2.25. The van der Waals surface area contributed by atoms with Gasteiger partial charge in [-0.05, 0) is 44.7 Å². The summed E-state index contributed by atoms with van der Waals surface area (Å²) in [6, 6.07) is 6.54. The highest BCUT2D eigenvalue weighted by molar-refractivity contribution is 5.79. The van der Waals surface area contributed by atoms with Crippen molar-refractivity contribution >= 4 is 5.91 Å². The standard InChI is InChI=1S/C17H25NO/c1-12-9-10-13(2)16(11-12)14(3)18-17(19)15-7-5-4-6-8-15/h9-11,14-15H,4-8H2,1-3H3,(H,18,19). The van der Waals surface area contributed by atoms with Crippen LogP contribution in [0.2, 0.25) is 0 Å². The summed E-state index contributed by atoms with van der Waals surface area (Å²) >= 11 is 0. The molecule has 1 unspecified atom stereocenters. The second-order valence-electron chi connectivity index (χ2n) is 5.93. The average Bonchev–Trinajstić information content (AvgIpc) is 2.42. The molecule has 0 aliphatic heterocycles. The van der Waals surface area contributed by atoms with Crippen molar-refractivity contribution in [2.45, 2.75) is 58.9 Å². The maximum Gasteiger partial charge on any atom is 0.223 e. The van der Waals surface area contributed by atoms with Crippen molar-refractivity contribution in [1.29, 1.82) is 0 Å². The van der Waals surface area contributed by atoms with Crippen LogP contribution in [0.1, 0.15) is 61.8 Å². The first-order valence-corrected chi connectivity index (χ1v) is 7.45. The van der Waals surface area contributed by atoms with Crippen LogP contribution in [0.4, 0.5) is 0 Å². The van der Waals surface area contributed by atoms with Gasteiger partial charge in [-0.15, -0.1) is 0 Å². The Morgan fingerprint density at radius 3 is 2.58 bits per heavy atom. The Bertz CT molecular complexity index is 447. The van der Waals surface area contributed by atoms with Crippen molar-refractivity contribution in [2.24, 2.45) is 5.92 Å². The molecule has 0 aromatic heterocycles. The van der Waals surface area contributed by atoms with Gasteiger partial charge in [0, 0.05) is 5.92 Å². The predicted molar refractivity (Wildman–Crippen MR) is 79.0 cm³/mol. The smallest absolute Gasteiger partial charge is 0.223 e. The molecule has 2 rings (SSSR count). The summed E-state index contributed by atoms with van der Waals surface area (Å²) in [5.41, 5.74) is 3.74. The summed E-state index contributed by atoms with van der Waals surface area (Å²) in [5.74, 6) is 0.481. The van der Waals surface area contributed by atoms with Gasteiger partial charge in [0.15, 0.2) is 0 Å². The molecule has 1 N–H and O–H groups in total. The van der Waals surface area contributed by atoms with Gasteiger partial charge >= 0.3 is 0 Å². The zero-order valence-electron chi connectivity index (χ0n) is 12.3. The molecule has 104 valence electrons. The molecule has 19 heavy (non-hydrogen) atoms. The highest BCUT2D eigenvalue weighted by atomic mass is 16.1. The van der Waals surface area contributed by atoms with Crippen molar-refractivity contribution in [3.8, 4) is 0 Å². The Morgan fingerprint density at radius 2 is 1.89 bits per heavy atom. The molecule has 0 heterocycles. The molecule has 1 atom stereocenters. The van der Waals surface area contributed by atoms with E-state index in [4.69, 9.17) is 0 Å². The maximum atomic E-state index is 12.3. The third-order valence-electron chi connectivity index (χ3n) is 4.24. The molecule has 0 radical (unpaired) electrons. The lowest BCUT2D eigenvalue weighted by Crippen LogP contribution is -2.34. The van der Waals surface area contributed by atoms with Crippen LogP contribution in [0.5, 0.6) is 0 Å². The fourth-order valence-electron chi connectivity index (χ4n) is 3.00. The highest BCUT2D eigenvalue weighted by Gasteiger charge is 2.22. The first-order valence-electron chi connectivity index (χ1n) is 7.45. The van der Waals surface area contributed by atoms with E-state index < -0.39 is 0 Å². The van der Waals surface area contributed by atoms with E-state index in [2.05, 4.69) is 44.3 Å². The molecule has 0 saturated heterocycles. The molecular formula is C17H25NO. The van der Waals surface area contributed by atoms with Crippen LogP contribution in [-0.4, -0.2) is 5.91 Å². The molecular weight excluding hydrogens is 234 g/mol. The molecule has 1 aliphatic carbocycles. The van der Waals surface area contributed by atoms with Gasteiger partial charge in [0.25, 0.3) is 0 Å². The number of amides is 1. The predicted octanol–water partition coefficient (Wildman–Crippen LogP) is 4.06. The third kappa shape index (κ3) is 3.59. The monoisotopic (exact) mass is 259 g/mol. The van der Waals surface area contributed by atoms with Gasteiger partial charge in [0.2, 0.25) is 5.91 Å². The minimum atomic E-state index is 0.106. The summed E-state index contributed by atoms with van der Waals surface area (Å²) < 4.78 is 0. The molecule has 0 spiro atoms. The van der Waals surface area contributed by atoms with Crippen LogP contribution in [0.15, 0.2) is 18.2 Å². The molecule has 1 aliphatic rings. The lowest BCUT2D eigenvalue weighted by molar-refractivity contribution is -0.126. The van der Waals surface area contributed by atoms with Crippen LogP contribution >= 0.6 is 0 Å². The van der Waals surface area contributed by atoms with Crippen LogP contribution in [0, 0.1) is 19.8 Å². The lowest BCUT2D eigenvalue weighted by atomic mass is 9.88. The van der Waals surface area contributed by atoms with Crippen LogP contribution in [-0.2, 0) is 4.79 Å². The summed E-state index contributed by atoms with van der Waals surface area (Å²) in [7, 11) is 0. The molecule has 1 saturated carbocycles. The second kappa shape index (κ2) is 6.23. The van der Waals surface area contributed by atoms with E-state index in [-0.39, 0.29) is 17.9 Å². The minimum absolute atomic E-state index is 0.106. The van der Waals surface area contributed by atoms with E-state index in [0.29, 0.717) is 0 Å². The second-order valence-corrected chi connectivity index (χ2v) is 5.93. The summed E-state index contributed by atoms with van der Waals surface area (Å²) in [6.07, 6.45) is 5.82. The number of carbonyl (C=O) groups excluding carboxylic acids is 1. The van der Waals surface area contributed by atoms with Crippen molar-refractivity contribution in [2.75, 3.05) is 0 Å². The molecule has 2 heteroatoms. The number of carbonyl (C=O) groups is 1. The third-order valence-corrected chi connectivity index (χ3v) is 4.24. The van der Waals surface area contributed by atoms with E-state index in [1.165, 1.54) is 36.0 Å². The van der Waals surface area contributed by atoms with E-state index in [0.717, 1.165) is 12.8 Å². The summed E-state index contributed by atoms with van der Waals surface area (Å²) in [4.78, 5) is 12.3. The van der Waals surface area contributed by atoms with Gasteiger partial charge in [-0.2, -0.15) is 0 Å². The average molecular weight is 259 g/mol. The van der Waals surface area contributed by atoms with Gasteiger partial charge in [0.05, 0.1) is 6.04 Å². The van der Waals surface area contributed by atoms with Crippen molar-refractivity contribution in [3.63, 3.8) is 0 Å². The van der Waals surface area contributed by atoms with E-state index >= 15 is 0 Å². The molecule has 1 amide bonds. The fourth-order valence-corrected chi connectivity index (χ4v) is 3.00. The Balaban J connectivity index is 2.01. The van der Waals surface area contributed by atoms with Crippen LogP contribution < -0.4 is 5.32 Å². The van der Waals surface area contributed by atoms with Crippen LogP contribution in [0.3, 0.4) is 0 Å². The molecule has 1 fully saturated rings. The number of hydrogen-bond acceptors (Lipinski definition) is 1. The van der Waals surface area contributed by atoms with Gasteiger partial charge in [0.1, 0.15) is 0 Å². The zero-order valence-corrected chi connectivity index (χ0v) is 12.3. The molecule has 1 aromatic carbocycles. The largest absolute Gasteiger partial charge is 0.349 e. The van der Waals surface area contributed by atoms with Gasteiger partial charge < -0.3 is 5.32 Å². The Kier molecular flexibility index (Phi) is 4.62. The number of hydrogen-bond donors (Lipinski definition) is 1. The molecule has 2 nitrogen and oxygen atoms in total. The van der Waals surface area contributed by atoms with Gasteiger partial charge in [-0.1, -0.05) is 43.0 Å². The van der Waals surface area contributed by atoms with Crippen molar-refractivity contribution < 1.29 is 4.79 Å². The Hall–Kier alpha value is -1.31. The summed E-state index contributed by atoms with van der Waals surface area (Å²) in [5, 5.41) is 3.20. The lowest BCUT2D eigenvalue weighted by Gasteiger charge is -2.24. The first-order chi connectivity index (χ1) is 9.08. The fraction of sp³-hybridized carbons (Fsp3) is 0.588. The van der Waals surface area contributed by atoms with E-state index in [9.17, 15) is 4.79 Å². The first kappa shape index (κ1) is 14.1. The van der Waals surface area contributed by atoms with Gasteiger partial charge in [-0.25, -0.2) is 0 Å². The minimum Gasteiger partial charge on any atom is -0.349 e. The van der Waals surface area contributed by atoms with Crippen molar-refractivity contribution in [3.05, 3.63) is 34.9 Å². The molecule has 1 aromatic rings. The SMILES string of the molecule is Cc1ccc(C)c(C(C)NC(=O)C2CCCCC2)c1. The van der Waals surface area contributed by atoms with Gasteiger partial charge in [-0.3, -0.25) is 4.79 Å². The topological polar surface area (TPSA) is 29.1 Å². The van der Waals surface area contributed by atoms with Crippen molar-refractivity contribution in [1.82, 2.24) is 5.32 Å². The number of nitrogens with one attached hydrogen (secondary N) is 1. The van der Waals surface area contributed by atoms with Crippen LogP contribution in [0.25, 0.3) is 0 Å². The van der Waals surface area contributed by atoms with E-state index in [1.807, 2.05) is 0 Å². The quantitative estimate of drug-likeness (QED) is 0.871. The van der Waals surface area contributed by atoms with E-state index in [1.54, 1.807) is 0 Å². The maximum absolute atomic E-state index is 12.3. The summed E-state index contributed by atoms with van der Waals surface area (Å²) in [6.45, 7) is 6.29. The Labute approximate surface area is 116 Å². The molecule has 0 bridgehead atoms. The zero-order chi connectivity index (χ0) is 13.8. The number of aryl methyl sites for hydroxylation is 2. The normalized spacial score (nSPS) is 18.1. The number of benzene rings is 1. The number of rotatable bonds is 3.